The first-order valence-corrected chi connectivity index (χ1v) is 12.3. The van der Waals surface area contributed by atoms with Crippen LogP contribution in [0.3, 0.4) is 0 Å². The van der Waals surface area contributed by atoms with Crippen LogP contribution in [0, 0.1) is 5.92 Å². The molecule has 0 fully saturated rings. The van der Waals surface area contributed by atoms with E-state index in [-0.39, 0.29) is 17.9 Å². The van der Waals surface area contributed by atoms with Crippen molar-refractivity contribution in [3.63, 3.8) is 0 Å². The molecular weight excluding hydrogens is 442 g/mol. The summed E-state index contributed by atoms with van der Waals surface area (Å²) in [5.41, 5.74) is 1.50. The second-order valence-corrected chi connectivity index (χ2v) is 9.15. The predicted molar refractivity (Wildman–Crippen MR) is 128 cm³/mol. The van der Waals surface area contributed by atoms with Crippen LogP contribution >= 0.6 is 11.8 Å². The average Bonchev–Trinajstić information content (AvgIpc) is 3.29. The van der Waals surface area contributed by atoms with Crippen molar-refractivity contribution in [3.05, 3.63) is 47.8 Å². The van der Waals surface area contributed by atoms with Gasteiger partial charge in [-0.3, -0.25) is 9.59 Å². The molecule has 0 unspecified atom stereocenters. The molecule has 180 valence electrons. The van der Waals surface area contributed by atoms with E-state index in [1.54, 1.807) is 18.0 Å². The van der Waals surface area contributed by atoms with Crippen LogP contribution in [0.15, 0.2) is 36.5 Å². The summed E-state index contributed by atoms with van der Waals surface area (Å²) in [5.74, 6) is 0.186. The Balaban J connectivity index is 2.23. The number of ether oxygens (including phenoxy) is 1. The van der Waals surface area contributed by atoms with Crippen LogP contribution in [0.4, 0.5) is 0 Å². The molecule has 2 N–H and O–H groups in total. The molecule has 0 aliphatic carbocycles. The molecule has 0 spiro atoms. The monoisotopic (exact) mass is 475 g/mol. The smallest absolute Gasteiger partial charge is 0.328 e. The molecule has 0 aliphatic rings. The number of nitrogens with one attached hydrogen (secondary N) is 2. The number of carbonyl (C=O) groups excluding carboxylic acids is 3. The number of aromatic nitrogens is 3. The lowest BCUT2D eigenvalue weighted by molar-refractivity contribution is -0.145. The maximum Gasteiger partial charge on any atom is 0.328 e. The van der Waals surface area contributed by atoms with Crippen molar-refractivity contribution in [2.75, 3.05) is 19.1 Å². The Morgan fingerprint density at radius 2 is 1.97 bits per heavy atom. The van der Waals surface area contributed by atoms with Crippen LogP contribution in [0.5, 0.6) is 0 Å². The van der Waals surface area contributed by atoms with E-state index in [0.717, 1.165) is 11.3 Å². The first kappa shape index (κ1) is 26.4. The van der Waals surface area contributed by atoms with Crippen LogP contribution in [0.2, 0.25) is 0 Å². The lowest BCUT2D eigenvalue weighted by atomic mass is 10.0. The van der Waals surface area contributed by atoms with Crippen molar-refractivity contribution in [3.8, 4) is 0 Å². The molecule has 0 bridgehead atoms. The molecule has 0 radical (unpaired) electrons. The number of nitrogens with zero attached hydrogens (tertiary/aromatic N) is 3. The fourth-order valence-corrected chi connectivity index (χ4v) is 3.94. The van der Waals surface area contributed by atoms with Crippen molar-refractivity contribution in [1.29, 1.82) is 0 Å². The normalized spacial score (nSPS) is 13.7. The van der Waals surface area contributed by atoms with Gasteiger partial charge in [0.05, 0.1) is 19.3 Å². The van der Waals surface area contributed by atoms with Crippen molar-refractivity contribution in [2.45, 2.75) is 51.2 Å². The second-order valence-electron chi connectivity index (χ2n) is 8.16. The van der Waals surface area contributed by atoms with Gasteiger partial charge in [0.2, 0.25) is 12.3 Å². The summed E-state index contributed by atoms with van der Waals surface area (Å²) >= 11 is 1.67. The zero-order valence-electron chi connectivity index (χ0n) is 19.6. The number of esters is 1. The van der Waals surface area contributed by atoms with Gasteiger partial charge in [-0.25, -0.2) is 9.48 Å². The molecule has 0 aliphatic heterocycles. The molecular formula is C23H33N5O4S. The molecule has 1 aromatic carbocycles. The zero-order chi connectivity index (χ0) is 24.2. The molecule has 1 heterocycles. The minimum absolute atomic E-state index is 0.194. The number of amides is 2. The van der Waals surface area contributed by atoms with E-state index >= 15 is 0 Å². The molecule has 9 nitrogen and oxygen atoms in total. The minimum Gasteiger partial charge on any atom is -0.467 e. The van der Waals surface area contributed by atoms with Crippen LogP contribution in [-0.2, 0) is 25.5 Å². The Morgan fingerprint density at radius 1 is 1.24 bits per heavy atom. The molecule has 2 aromatic rings. The van der Waals surface area contributed by atoms with Crippen molar-refractivity contribution in [1.82, 2.24) is 25.6 Å². The molecule has 1 aromatic heterocycles. The minimum atomic E-state index is -0.825. The van der Waals surface area contributed by atoms with E-state index in [1.165, 1.54) is 11.8 Å². The van der Waals surface area contributed by atoms with Gasteiger partial charge in [0, 0.05) is 6.42 Å². The Bertz CT molecular complexity index is 890. The molecule has 33 heavy (non-hydrogen) atoms. The van der Waals surface area contributed by atoms with Gasteiger partial charge in [-0.2, -0.15) is 11.8 Å². The average molecular weight is 476 g/mol. The highest BCUT2D eigenvalue weighted by Gasteiger charge is 2.29. The maximum atomic E-state index is 13.3. The summed E-state index contributed by atoms with van der Waals surface area (Å²) in [6.07, 6.45) is 5.85. The zero-order valence-corrected chi connectivity index (χ0v) is 20.4. The fraction of sp³-hybridized carbons (Fsp3) is 0.522. The largest absolute Gasteiger partial charge is 0.467 e. The van der Waals surface area contributed by atoms with Gasteiger partial charge >= 0.3 is 5.97 Å². The van der Waals surface area contributed by atoms with Gasteiger partial charge < -0.3 is 15.4 Å². The topological polar surface area (TPSA) is 115 Å². The van der Waals surface area contributed by atoms with Crippen molar-refractivity contribution in [2.24, 2.45) is 5.92 Å². The van der Waals surface area contributed by atoms with E-state index in [2.05, 4.69) is 20.9 Å². The van der Waals surface area contributed by atoms with Gasteiger partial charge in [0.25, 0.3) is 0 Å². The number of methoxy groups -OCH3 is 1. The van der Waals surface area contributed by atoms with E-state index in [4.69, 9.17) is 4.74 Å². The SMILES string of the molecule is COC(=O)[C@H](Cc1ccccc1)NC(=O)[C@H](CC(C)C)n1cc([C@H](CCSC)NC=O)nn1. The molecule has 3 atom stereocenters. The number of rotatable bonds is 14. The standard InChI is InChI=1S/C23H33N5O4S/c1-16(2)12-21(28-14-20(26-27-28)18(24-15-29)10-11-33-4)22(30)25-19(23(31)32-3)13-17-8-6-5-7-9-17/h5-9,14-16,18-19,21H,10-13H2,1-4H3,(H,24,29)(H,25,30)/t18-,19-,21-/m0/s1. The fourth-order valence-electron chi connectivity index (χ4n) is 3.47. The Labute approximate surface area is 199 Å². The van der Waals surface area contributed by atoms with E-state index in [0.29, 0.717) is 31.4 Å². The molecule has 2 amide bonds. The first-order valence-electron chi connectivity index (χ1n) is 10.9. The summed E-state index contributed by atoms with van der Waals surface area (Å²) in [7, 11) is 1.30. The summed E-state index contributed by atoms with van der Waals surface area (Å²) in [6.45, 7) is 4.02. The van der Waals surface area contributed by atoms with Crippen molar-refractivity contribution >= 4 is 30.0 Å². The van der Waals surface area contributed by atoms with Gasteiger partial charge in [-0.1, -0.05) is 49.4 Å². The molecule has 10 heteroatoms. The van der Waals surface area contributed by atoms with Crippen LogP contribution in [0.25, 0.3) is 0 Å². The highest BCUT2D eigenvalue weighted by Crippen LogP contribution is 2.21. The van der Waals surface area contributed by atoms with Gasteiger partial charge in [-0.15, -0.1) is 5.10 Å². The molecule has 2 rings (SSSR count). The highest BCUT2D eigenvalue weighted by atomic mass is 32.2. The maximum absolute atomic E-state index is 13.3. The Morgan fingerprint density at radius 3 is 2.58 bits per heavy atom. The number of hydrogen-bond acceptors (Lipinski definition) is 7. The third-order valence-corrected chi connectivity index (χ3v) is 5.81. The number of carbonyl (C=O) groups is 3. The number of benzene rings is 1. The third kappa shape index (κ3) is 8.20. The van der Waals surface area contributed by atoms with Crippen LogP contribution in [-0.4, -0.2) is 58.4 Å². The van der Waals surface area contributed by atoms with Crippen LogP contribution in [0.1, 0.15) is 50.0 Å². The Kier molecular flexibility index (Phi) is 10.9. The van der Waals surface area contributed by atoms with E-state index < -0.39 is 18.1 Å². The summed E-state index contributed by atoms with van der Waals surface area (Å²) in [5, 5.41) is 14.0. The predicted octanol–water partition coefficient (Wildman–Crippen LogP) is 2.31. The van der Waals surface area contributed by atoms with Gasteiger partial charge in [0.1, 0.15) is 17.8 Å². The van der Waals surface area contributed by atoms with E-state index in [1.807, 2.05) is 50.4 Å². The van der Waals surface area contributed by atoms with E-state index in [9.17, 15) is 14.4 Å². The van der Waals surface area contributed by atoms with Gasteiger partial charge in [0.15, 0.2) is 0 Å². The lowest BCUT2D eigenvalue weighted by Gasteiger charge is -2.22. The third-order valence-electron chi connectivity index (χ3n) is 5.17. The van der Waals surface area contributed by atoms with Gasteiger partial charge in [-0.05, 0) is 36.3 Å². The lowest BCUT2D eigenvalue weighted by Crippen LogP contribution is -2.46. The van der Waals surface area contributed by atoms with Crippen molar-refractivity contribution < 1.29 is 19.1 Å². The first-order chi connectivity index (χ1) is 15.9. The second kappa shape index (κ2) is 13.6. The molecule has 0 saturated carbocycles. The number of thioether (sulfide) groups is 1. The number of hydrogen-bond donors (Lipinski definition) is 2. The Hall–Kier alpha value is -2.88. The molecule has 0 saturated heterocycles. The summed E-state index contributed by atoms with van der Waals surface area (Å²) in [4.78, 5) is 36.7. The highest BCUT2D eigenvalue weighted by molar-refractivity contribution is 7.98. The summed E-state index contributed by atoms with van der Waals surface area (Å²) < 4.78 is 6.43. The quantitative estimate of drug-likeness (QED) is 0.318. The van der Waals surface area contributed by atoms with Crippen LogP contribution < -0.4 is 10.6 Å². The summed E-state index contributed by atoms with van der Waals surface area (Å²) in [6, 6.07) is 7.67.